The lowest BCUT2D eigenvalue weighted by atomic mass is 9.48. The molecule has 5 aliphatic rings. The van der Waals surface area contributed by atoms with Gasteiger partial charge in [0.05, 0.1) is 6.54 Å². The molecule has 6 rings (SSSR count). The van der Waals surface area contributed by atoms with Crippen LogP contribution in [-0.2, 0) is 31.2 Å². The Hall–Kier alpha value is -1.32. The Kier molecular flexibility index (Phi) is 3.18. The van der Waals surface area contributed by atoms with Crippen LogP contribution in [0.25, 0.3) is 0 Å². The molecule has 1 heterocycles. The molecule has 0 aromatic carbocycles. The van der Waals surface area contributed by atoms with Crippen molar-refractivity contribution in [1.29, 1.82) is 5.41 Å². The minimum absolute atomic E-state index is 0.0361. The van der Waals surface area contributed by atoms with E-state index in [0.29, 0.717) is 17.9 Å². The molecule has 5 aliphatic carbocycles. The molecule has 4 bridgehead atoms. The lowest BCUT2D eigenvalue weighted by molar-refractivity contribution is -0.144. The van der Waals surface area contributed by atoms with E-state index in [1.165, 1.54) is 43.5 Å². The Balaban J connectivity index is 1.47. The summed E-state index contributed by atoms with van der Waals surface area (Å²) in [4.78, 5) is 13.4. The normalized spacial score (nSPS) is 36.8. The zero-order valence-corrected chi connectivity index (χ0v) is 14.8. The van der Waals surface area contributed by atoms with Crippen molar-refractivity contribution in [2.75, 3.05) is 0 Å². The van der Waals surface area contributed by atoms with E-state index >= 15 is 0 Å². The number of aromatic nitrogens is 2. The van der Waals surface area contributed by atoms with Crippen LogP contribution in [0.3, 0.4) is 0 Å². The van der Waals surface area contributed by atoms with Gasteiger partial charge in [-0.2, -0.15) is 0 Å². The fourth-order valence-electron chi connectivity index (χ4n) is 6.90. The predicted octanol–water partition coefficient (Wildman–Crippen LogP) is 2.97. The lowest BCUT2D eigenvalue weighted by Crippen LogP contribution is -2.51. The summed E-state index contributed by atoms with van der Waals surface area (Å²) in [5, 5.41) is 8.50. The average molecular weight is 327 g/mol. The van der Waals surface area contributed by atoms with Crippen molar-refractivity contribution >= 4 is 5.78 Å². The highest BCUT2D eigenvalue weighted by atomic mass is 16.1. The fraction of sp³-hybridized carbons (Fsp3) is 0.800. The zero-order valence-electron chi connectivity index (χ0n) is 14.8. The van der Waals surface area contributed by atoms with Gasteiger partial charge in [0.15, 0.2) is 5.78 Å². The van der Waals surface area contributed by atoms with E-state index in [0.717, 1.165) is 49.9 Å². The van der Waals surface area contributed by atoms with Crippen molar-refractivity contribution in [2.24, 2.45) is 30.2 Å². The summed E-state index contributed by atoms with van der Waals surface area (Å²) in [6.45, 7) is 0.453. The Morgan fingerprint density at radius 1 is 1.04 bits per heavy atom. The summed E-state index contributed by atoms with van der Waals surface area (Å²) in [5.41, 5.74) is 3.06. The van der Waals surface area contributed by atoms with Crippen molar-refractivity contribution in [2.45, 2.75) is 70.8 Å². The third-order valence-electron chi connectivity index (χ3n) is 7.65. The Bertz CT molecular complexity index is 718. The highest BCUT2D eigenvalue weighted by molar-refractivity contribution is 5.85. The van der Waals surface area contributed by atoms with Crippen LogP contribution in [-0.4, -0.2) is 14.9 Å². The van der Waals surface area contributed by atoms with Crippen LogP contribution in [0.1, 0.15) is 62.8 Å². The molecule has 0 unspecified atom stereocenters. The summed E-state index contributed by atoms with van der Waals surface area (Å²) in [5.74, 6) is 2.88. The Morgan fingerprint density at radius 2 is 1.58 bits per heavy atom. The number of Topliss-reactive ketones (excluding diaryl/α,β-unsaturated/α-hetero) is 1. The number of carbonyl (C=O) groups is 1. The van der Waals surface area contributed by atoms with Crippen molar-refractivity contribution in [1.82, 2.24) is 9.13 Å². The topological polar surface area (TPSA) is 50.8 Å². The van der Waals surface area contributed by atoms with Crippen LogP contribution in [0.15, 0.2) is 0 Å². The molecule has 24 heavy (non-hydrogen) atoms. The standard InChI is InChI=1S/C20H29N3O/c1-22-16-4-2-3-5-17(16)23(19(22)21)12-18(24)20-9-13-6-14(10-20)8-15(7-13)11-20/h13-15,21H,2-12H2,1H3. The molecule has 1 N–H and O–H groups in total. The van der Waals surface area contributed by atoms with Gasteiger partial charge in [-0.15, -0.1) is 0 Å². The zero-order chi connectivity index (χ0) is 16.5. The molecule has 4 saturated carbocycles. The Labute approximate surface area is 143 Å². The molecule has 0 radical (unpaired) electrons. The smallest absolute Gasteiger partial charge is 0.202 e. The molecule has 1 aromatic rings. The molecule has 4 heteroatoms. The van der Waals surface area contributed by atoms with Gasteiger partial charge < -0.3 is 9.13 Å². The number of nitrogens with one attached hydrogen (secondary N) is 1. The number of ketones is 1. The SMILES string of the molecule is Cn1c2c(n(CC(=O)C34CC5CC(CC(C5)C3)C4)c1=N)CCCC2. The Morgan fingerprint density at radius 3 is 2.17 bits per heavy atom. The van der Waals surface area contributed by atoms with E-state index in [1.54, 1.807) is 0 Å². The third kappa shape index (κ3) is 2.04. The van der Waals surface area contributed by atoms with Gasteiger partial charge >= 0.3 is 0 Å². The minimum atomic E-state index is -0.0361. The second kappa shape index (κ2) is 5.09. The van der Waals surface area contributed by atoms with Gasteiger partial charge in [0.2, 0.25) is 5.62 Å². The van der Waals surface area contributed by atoms with Gasteiger partial charge in [0.1, 0.15) is 0 Å². The monoisotopic (exact) mass is 327 g/mol. The van der Waals surface area contributed by atoms with Crippen LogP contribution < -0.4 is 5.62 Å². The molecule has 4 fully saturated rings. The number of carbonyl (C=O) groups excluding carboxylic acids is 1. The maximum absolute atomic E-state index is 13.4. The molecule has 0 aliphatic heterocycles. The maximum atomic E-state index is 13.4. The molecule has 0 saturated heterocycles. The molecular weight excluding hydrogens is 298 g/mol. The van der Waals surface area contributed by atoms with Gasteiger partial charge in [-0.1, -0.05) is 0 Å². The molecule has 4 nitrogen and oxygen atoms in total. The van der Waals surface area contributed by atoms with E-state index in [4.69, 9.17) is 5.41 Å². The number of imidazole rings is 1. The van der Waals surface area contributed by atoms with Gasteiger partial charge in [-0.3, -0.25) is 10.2 Å². The molecule has 1 aromatic heterocycles. The van der Waals surface area contributed by atoms with E-state index in [9.17, 15) is 4.79 Å². The second-order valence-electron chi connectivity index (χ2n) is 9.19. The average Bonchev–Trinajstić information content (AvgIpc) is 2.79. The summed E-state index contributed by atoms with van der Waals surface area (Å²) in [6, 6.07) is 0. The van der Waals surface area contributed by atoms with Crippen LogP contribution in [0, 0.1) is 28.6 Å². The van der Waals surface area contributed by atoms with E-state index in [2.05, 4.69) is 4.57 Å². The minimum Gasteiger partial charge on any atom is -0.318 e. The van der Waals surface area contributed by atoms with Crippen LogP contribution in [0.5, 0.6) is 0 Å². The molecule has 130 valence electrons. The van der Waals surface area contributed by atoms with Crippen molar-refractivity contribution in [3.05, 3.63) is 17.0 Å². The van der Waals surface area contributed by atoms with Crippen molar-refractivity contribution < 1.29 is 4.79 Å². The summed E-state index contributed by atoms with van der Waals surface area (Å²) in [6.07, 6.45) is 12.1. The largest absolute Gasteiger partial charge is 0.318 e. The molecule has 0 amide bonds. The van der Waals surface area contributed by atoms with Gasteiger partial charge in [0.25, 0.3) is 0 Å². The van der Waals surface area contributed by atoms with Crippen LogP contribution in [0.4, 0.5) is 0 Å². The number of rotatable bonds is 3. The quantitative estimate of drug-likeness (QED) is 0.912. The van der Waals surface area contributed by atoms with Crippen LogP contribution in [0.2, 0.25) is 0 Å². The highest BCUT2D eigenvalue weighted by Gasteiger charge is 2.54. The van der Waals surface area contributed by atoms with E-state index in [-0.39, 0.29) is 5.41 Å². The maximum Gasteiger partial charge on any atom is 0.202 e. The fourth-order valence-corrected chi connectivity index (χ4v) is 6.90. The van der Waals surface area contributed by atoms with Gasteiger partial charge in [0, 0.05) is 23.9 Å². The van der Waals surface area contributed by atoms with Gasteiger partial charge in [-0.25, -0.2) is 0 Å². The number of hydrogen-bond acceptors (Lipinski definition) is 2. The lowest BCUT2D eigenvalue weighted by Gasteiger charge is -2.56. The van der Waals surface area contributed by atoms with E-state index < -0.39 is 0 Å². The first kappa shape index (κ1) is 15.0. The third-order valence-corrected chi connectivity index (χ3v) is 7.65. The van der Waals surface area contributed by atoms with Gasteiger partial charge in [-0.05, 0) is 82.0 Å². The summed E-state index contributed by atoms with van der Waals surface area (Å²) >= 11 is 0. The predicted molar refractivity (Wildman–Crippen MR) is 91.5 cm³/mol. The van der Waals surface area contributed by atoms with Crippen molar-refractivity contribution in [3.8, 4) is 0 Å². The summed E-state index contributed by atoms with van der Waals surface area (Å²) < 4.78 is 4.07. The molecular formula is C20H29N3O. The first-order valence-electron chi connectivity index (χ1n) is 9.91. The first-order chi connectivity index (χ1) is 11.6. The van der Waals surface area contributed by atoms with Crippen molar-refractivity contribution in [3.63, 3.8) is 0 Å². The number of hydrogen-bond donors (Lipinski definition) is 1. The second-order valence-corrected chi connectivity index (χ2v) is 9.19. The molecule has 0 atom stereocenters. The number of fused-ring (bicyclic) bond motifs is 1. The highest BCUT2D eigenvalue weighted by Crippen LogP contribution is 2.60. The summed E-state index contributed by atoms with van der Waals surface area (Å²) in [7, 11) is 2.00. The van der Waals surface area contributed by atoms with E-state index in [1.807, 2.05) is 11.6 Å². The van der Waals surface area contributed by atoms with Crippen LogP contribution >= 0.6 is 0 Å². The molecule has 0 spiro atoms. The number of nitrogens with zero attached hydrogens (tertiary/aromatic N) is 2. The first-order valence-corrected chi connectivity index (χ1v) is 9.91.